The highest BCUT2D eigenvalue weighted by Gasteiger charge is 2.43. The Hall–Kier alpha value is -0.590. The van der Waals surface area contributed by atoms with Gasteiger partial charge in [0.25, 0.3) is 0 Å². The molecule has 1 aliphatic heterocycles. The molecule has 1 aliphatic carbocycles. The van der Waals surface area contributed by atoms with Crippen molar-refractivity contribution in [3.8, 4) is 6.07 Å². The molecular weight excluding hydrogens is 176 g/mol. The molecule has 3 nitrogen and oxygen atoms in total. The molecule has 3 heteroatoms. The Kier molecular flexibility index (Phi) is 2.76. The standard InChI is InChI=1S/C11H18N2O/c1-9-11(8-12,6-7-14-9)13-10-4-2-3-5-10/h9-10,13H,2-7H2,1H3. The largest absolute Gasteiger partial charge is 0.375 e. The van der Waals surface area contributed by atoms with Crippen LogP contribution in [0.15, 0.2) is 0 Å². The van der Waals surface area contributed by atoms with Crippen LogP contribution in [0.25, 0.3) is 0 Å². The van der Waals surface area contributed by atoms with Crippen molar-refractivity contribution >= 4 is 0 Å². The number of hydrogen-bond donors (Lipinski definition) is 1. The molecule has 1 heterocycles. The average Bonchev–Trinajstić information content (AvgIpc) is 2.79. The van der Waals surface area contributed by atoms with Gasteiger partial charge >= 0.3 is 0 Å². The van der Waals surface area contributed by atoms with E-state index in [1.54, 1.807) is 0 Å². The van der Waals surface area contributed by atoms with Gasteiger partial charge in [0.1, 0.15) is 5.54 Å². The van der Waals surface area contributed by atoms with Crippen LogP contribution in [0.5, 0.6) is 0 Å². The van der Waals surface area contributed by atoms with Crippen LogP contribution < -0.4 is 5.32 Å². The zero-order valence-electron chi connectivity index (χ0n) is 8.75. The lowest BCUT2D eigenvalue weighted by Gasteiger charge is -2.29. The second-order valence-corrected chi connectivity index (χ2v) is 4.47. The first kappa shape index (κ1) is 9.95. The maximum atomic E-state index is 9.25. The third-order valence-electron chi connectivity index (χ3n) is 3.57. The van der Waals surface area contributed by atoms with Crippen LogP contribution in [0.3, 0.4) is 0 Å². The van der Waals surface area contributed by atoms with E-state index in [9.17, 15) is 5.26 Å². The monoisotopic (exact) mass is 194 g/mol. The number of nitriles is 1. The Morgan fingerprint density at radius 1 is 1.43 bits per heavy atom. The Morgan fingerprint density at radius 2 is 2.14 bits per heavy atom. The van der Waals surface area contributed by atoms with Crippen LogP contribution in [-0.4, -0.2) is 24.3 Å². The molecule has 0 bridgehead atoms. The highest BCUT2D eigenvalue weighted by molar-refractivity contribution is 5.14. The van der Waals surface area contributed by atoms with Gasteiger partial charge in [-0.3, -0.25) is 5.32 Å². The fourth-order valence-electron chi connectivity index (χ4n) is 2.55. The number of ether oxygens (including phenoxy) is 1. The minimum absolute atomic E-state index is 0.0353. The molecule has 0 aromatic rings. The SMILES string of the molecule is CC1OCCC1(C#N)NC1CCCC1. The van der Waals surface area contributed by atoms with Gasteiger partial charge in [-0.2, -0.15) is 5.26 Å². The quantitative estimate of drug-likeness (QED) is 0.726. The van der Waals surface area contributed by atoms with Crippen molar-refractivity contribution in [1.29, 1.82) is 5.26 Å². The first-order chi connectivity index (χ1) is 6.77. The molecule has 2 fully saturated rings. The zero-order valence-corrected chi connectivity index (χ0v) is 8.75. The summed E-state index contributed by atoms with van der Waals surface area (Å²) < 4.78 is 5.48. The van der Waals surface area contributed by atoms with E-state index < -0.39 is 5.54 Å². The number of nitrogens with zero attached hydrogens (tertiary/aromatic N) is 1. The van der Waals surface area contributed by atoms with Crippen molar-refractivity contribution in [3.63, 3.8) is 0 Å². The first-order valence-corrected chi connectivity index (χ1v) is 5.57. The lowest BCUT2D eigenvalue weighted by atomic mass is 9.92. The van der Waals surface area contributed by atoms with Crippen LogP contribution >= 0.6 is 0 Å². The van der Waals surface area contributed by atoms with Crippen molar-refractivity contribution in [1.82, 2.24) is 5.32 Å². The van der Waals surface area contributed by atoms with Crippen LogP contribution in [0.4, 0.5) is 0 Å². The van der Waals surface area contributed by atoms with Gasteiger partial charge < -0.3 is 4.74 Å². The van der Waals surface area contributed by atoms with Crippen LogP contribution in [-0.2, 0) is 4.74 Å². The molecule has 78 valence electrons. The lowest BCUT2D eigenvalue weighted by Crippen LogP contribution is -2.53. The molecule has 14 heavy (non-hydrogen) atoms. The van der Waals surface area contributed by atoms with E-state index in [2.05, 4.69) is 11.4 Å². The molecular formula is C11H18N2O. The van der Waals surface area contributed by atoms with E-state index in [1.165, 1.54) is 25.7 Å². The van der Waals surface area contributed by atoms with Gasteiger partial charge in [-0.1, -0.05) is 12.8 Å². The minimum Gasteiger partial charge on any atom is -0.375 e. The van der Waals surface area contributed by atoms with Gasteiger partial charge in [-0.05, 0) is 19.8 Å². The molecule has 0 amide bonds. The summed E-state index contributed by atoms with van der Waals surface area (Å²) >= 11 is 0. The Morgan fingerprint density at radius 3 is 2.64 bits per heavy atom. The summed E-state index contributed by atoms with van der Waals surface area (Å²) in [4.78, 5) is 0. The first-order valence-electron chi connectivity index (χ1n) is 5.57. The third kappa shape index (κ3) is 1.65. The second kappa shape index (κ2) is 3.88. The molecule has 2 rings (SSSR count). The fraction of sp³-hybridized carbons (Fsp3) is 0.909. The van der Waals surface area contributed by atoms with E-state index in [0.29, 0.717) is 12.6 Å². The van der Waals surface area contributed by atoms with E-state index in [-0.39, 0.29) is 6.10 Å². The summed E-state index contributed by atoms with van der Waals surface area (Å²) in [6.07, 6.45) is 5.91. The summed E-state index contributed by atoms with van der Waals surface area (Å²) in [6, 6.07) is 2.96. The van der Waals surface area contributed by atoms with Crippen molar-refractivity contribution in [2.45, 2.75) is 56.7 Å². The van der Waals surface area contributed by atoms with Crippen LogP contribution in [0.1, 0.15) is 39.0 Å². The maximum Gasteiger partial charge on any atom is 0.135 e. The predicted octanol–water partition coefficient (Wildman–Crippen LogP) is 1.59. The van der Waals surface area contributed by atoms with Crippen molar-refractivity contribution in [2.24, 2.45) is 0 Å². The van der Waals surface area contributed by atoms with Crippen molar-refractivity contribution in [2.75, 3.05) is 6.61 Å². The van der Waals surface area contributed by atoms with E-state index in [0.717, 1.165) is 6.42 Å². The summed E-state index contributed by atoms with van der Waals surface area (Å²) in [7, 11) is 0. The van der Waals surface area contributed by atoms with Gasteiger partial charge in [0.2, 0.25) is 0 Å². The van der Waals surface area contributed by atoms with Crippen molar-refractivity contribution < 1.29 is 4.74 Å². The second-order valence-electron chi connectivity index (χ2n) is 4.47. The topological polar surface area (TPSA) is 45.0 Å². The molecule has 1 N–H and O–H groups in total. The fourth-order valence-corrected chi connectivity index (χ4v) is 2.55. The molecule has 2 unspecified atom stereocenters. The maximum absolute atomic E-state index is 9.25. The van der Waals surface area contributed by atoms with Gasteiger partial charge in [0, 0.05) is 19.1 Å². The third-order valence-corrected chi connectivity index (χ3v) is 3.57. The van der Waals surface area contributed by atoms with Crippen LogP contribution in [0.2, 0.25) is 0 Å². The smallest absolute Gasteiger partial charge is 0.135 e. The molecule has 0 spiro atoms. The normalized spacial score (nSPS) is 38.7. The van der Waals surface area contributed by atoms with Crippen LogP contribution in [0, 0.1) is 11.3 Å². The van der Waals surface area contributed by atoms with E-state index >= 15 is 0 Å². The molecule has 1 saturated heterocycles. The molecule has 2 atom stereocenters. The van der Waals surface area contributed by atoms with E-state index in [4.69, 9.17) is 4.74 Å². The lowest BCUT2D eigenvalue weighted by molar-refractivity contribution is 0.0953. The van der Waals surface area contributed by atoms with E-state index in [1.807, 2.05) is 6.92 Å². The molecule has 1 saturated carbocycles. The number of nitrogens with one attached hydrogen (secondary N) is 1. The number of rotatable bonds is 2. The van der Waals surface area contributed by atoms with Gasteiger partial charge in [0.05, 0.1) is 12.2 Å². The predicted molar refractivity (Wildman–Crippen MR) is 53.8 cm³/mol. The van der Waals surface area contributed by atoms with Gasteiger partial charge in [-0.15, -0.1) is 0 Å². The Labute approximate surface area is 85.4 Å². The average molecular weight is 194 g/mol. The summed E-state index contributed by atoms with van der Waals surface area (Å²) in [6.45, 7) is 2.71. The zero-order chi connectivity index (χ0) is 10.0. The van der Waals surface area contributed by atoms with Crippen molar-refractivity contribution in [3.05, 3.63) is 0 Å². The highest BCUT2D eigenvalue weighted by atomic mass is 16.5. The molecule has 0 radical (unpaired) electrons. The molecule has 2 aliphatic rings. The Bertz CT molecular complexity index is 242. The highest BCUT2D eigenvalue weighted by Crippen LogP contribution is 2.29. The summed E-state index contributed by atoms with van der Waals surface area (Å²) in [5.41, 5.74) is -0.408. The summed E-state index contributed by atoms with van der Waals surface area (Å²) in [5.74, 6) is 0. The molecule has 0 aromatic carbocycles. The minimum atomic E-state index is -0.408. The Balaban J connectivity index is 2.01. The van der Waals surface area contributed by atoms with Gasteiger partial charge in [0.15, 0.2) is 0 Å². The summed E-state index contributed by atoms with van der Waals surface area (Å²) in [5, 5.41) is 12.8. The van der Waals surface area contributed by atoms with Gasteiger partial charge in [-0.25, -0.2) is 0 Å². The number of hydrogen-bond acceptors (Lipinski definition) is 3. The molecule has 0 aromatic heterocycles.